The van der Waals surface area contributed by atoms with Crippen LogP contribution >= 0.6 is 12.4 Å². The molecule has 3 rings (SSSR count). The molecular formula is C15H15ClN4. The van der Waals surface area contributed by atoms with E-state index in [1.165, 1.54) is 0 Å². The number of aromatic amines is 1. The highest BCUT2D eigenvalue weighted by Crippen LogP contribution is 2.22. The standard InChI is InChI=1S/C15H14N4.ClH/c1-10(16)17-12-7-8-13-14(9-12)19-15(18-13)11-5-3-2-4-6-11;/h2-9H,1H3,(H2,16,17)(H,18,19);1H. The van der Waals surface area contributed by atoms with E-state index in [1.54, 1.807) is 6.92 Å². The van der Waals surface area contributed by atoms with Crippen molar-refractivity contribution in [3.8, 4) is 11.4 Å². The van der Waals surface area contributed by atoms with Crippen molar-refractivity contribution < 1.29 is 0 Å². The number of anilines is 1. The van der Waals surface area contributed by atoms with E-state index in [1.807, 2.05) is 48.5 Å². The van der Waals surface area contributed by atoms with Crippen molar-refractivity contribution >= 4 is 35.0 Å². The molecule has 1 heterocycles. The summed E-state index contributed by atoms with van der Waals surface area (Å²) in [6.07, 6.45) is 0. The van der Waals surface area contributed by atoms with Gasteiger partial charge in [0.15, 0.2) is 0 Å². The van der Waals surface area contributed by atoms with Gasteiger partial charge in [0.2, 0.25) is 0 Å². The van der Waals surface area contributed by atoms with Crippen LogP contribution in [0.2, 0.25) is 0 Å². The lowest BCUT2D eigenvalue weighted by atomic mass is 10.2. The molecule has 0 saturated carbocycles. The topological polar surface area (TPSA) is 64.6 Å². The third-order valence-corrected chi connectivity index (χ3v) is 2.86. The third-order valence-electron chi connectivity index (χ3n) is 2.86. The van der Waals surface area contributed by atoms with Crippen molar-refractivity contribution in [3.05, 3.63) is 48.5 Å². The van der Waals surface area contributed by atoms with Gasteiger partial charge in [-0.2, -0.15) is 0 Å². The third kappa shape index (κ3) is 2.81. The smallest absolute Gasteiger partial charge is 0.138 e. The van der Waals surface area contributed by atoms with Crippen molar-refractivity contribution in [3.63, 3.8) is 0 Å². The van der Waals surface area contributed by atoms with Gasteiger partial charge in [-0.15, -0.1) is 12.4 Å². The molecule has 3 aromatic rings. The van der Waals surface area contributed by atoms with Gasteiger partial charge in [-0.05, 0) is 25.1 Å². The summed E-state index contributed by atoms with van der Waals surface area (Å²) >= 11 is 0. The molecule has 20 heavy (non-hydrogen) atoms. The SMILES string of the molecule is CC(=N)Nc1ccc2nc(-c3ccccc3)[nH]c2c1.Cl. The minimum absolute atomic E-state index is 0. The predicted octanol–water partition coefficient (Wildman–Crippen LogP) is 4.06. The molecule has 102 valence electrons. The summed E-state index contributed by atoms with van der Waals surface area (Å²) in [5.41, 5.74) is 3.84. The van der Waals surface area contributed by atoms with Gasteiger partial charge in [0.05, 0.1) is 16.9 Å². The number of halogens is 1. The Kier molecular flexibility index (Phi) is 4.05. The molecular weight excluding hydrogens is 272 g/mol. The molecule has 5 heteroatoms. The van der Waals surface area contributed by atoms with Crippen LogP contribution in [0.25, 0.3) is 22.4 Å². The Morgan fingerprint density at radius 1 is 1.15 bits per heavy atom. The zero-order valence-electron chi connectivity index (χ0n) is 11.0. The van der Waals surface area contributed by atoms with Crippen molar-refractivity contribution in [2.75, 3.05) is 5.32 Å². The Morgan fingerprint density at radius 2 is 1.90 bits per heavy atom. The molecule has 0 aliphatic rings. The Hall–Kier alpha value is -2.33. The number of hydrogen-bond donors (Lipinski definition) is 3. The van der Waals surface area contributed by atoms with E-state index in [4.69, 9.17) is 5.41 Å². The van der Waals surface area contributed by atoms with Gasteiger partial charge < -0.3 is 10.3 Å². The molecule has 0 aliphatic carbocycles. The molecule has 0 radical (unpaired) electrons. The average molecular weight is 287 g/mol. The van der Waals surface area contributed by atoms with Crippen LogP contribution < -0.4 is 5.32 Å². The van der Waals surface area contributed by atoms with Gasteiger partial charge in [-0.3, -0.25) is 5.41 Å². The average Bonchev–Trinajstić information content (AvgIpc) is 2.82. The highest BCUT2D eigenvalue weighted by molar-refractivity contribution is 5.93. The lowest BCUT2D eigenvalue weighted by Gasteiger charge is -2.02. The molecule has 0 bridgehead atoms. The number of rotatable bonds is 2. The van der Waals surface area contributed by atoms with E-state index >= 15 is 0 Å². The summed E-state index contributed by atoms with van der Waals surface area (Å²) in [5, 5.41) is 10.4. The van der Waals surface area contributed by atoms with Crippen LogP contribution in [0.15, 0.2) is 48.5 Å². The van der Waals surface area contributed by atoms with Crippen LogP contribution in [-0.4, -0.2) is 15.8 Å². The zero-order chi connectivity index (χ0) is 13.2. The van der Waals surface area contributed by atoms with Gasteiger partial charge >= 0.3 is 0 Å². The molecule has 0 atom stereocenters. The predicted molar refractivity (Wildman–Crippen MR) is 85.8 cm³/mol. The van der Waals surface area contributed by atoms with Gasteiger partial charge in [-0.1, -0.05) is 30.3 Å². The maximum Gasteiger partial charge on any atom is 0.138 e. The number of nitrogens with one attached hydrogen (secondary N) is 3. The summed E-state index contributed by atoms with van der Waals surface area (Å²) in [6, 6.07) is 15.9. The molecule has 0 amide bonds. The molecule has 3 N–H and O–H groups in total. The molecule has 0 saturated heterocycles. The number of aromatic nitrogens is 2. The second-order valence-electron chi connectivity index (χ2n) is 4.43. The van der Waals surface area contributed by atoms with Crippen molar-refractivity contribution in [1.82, 2.24) is 9.97 Å². The number of H-pyrrole nitrogens is 1. The first kappa shape index (κ1) is 14.1. The molecule has 4 nitrogen and oxygen atoms in total. The normalized spacial score (nSPS) is 10.1. The monoisotopic (exact) mass is 286 g/mol. The largest absolute Gasteiger partial charge is 0.344 e. The summed E-state index contributed by atoms with van der Waals surface area (Å²) in [6.45, 7) is 1.71. The van der Waals surface area contributed by atoms with Crippen LogP contribution in [0.3, 0.4) is 0 Å². The molecule has 1 aromatic heterocycles. The van der Waals surface area contributed by atoms with Gasteiger partial charge in [0, 0.05) is 11.3 Å². The maximum atomic E-state index is 7.44. The molecule has 0 fully saturated rings. The van der Waals surface area contributed by atoms with Crippen molar-refractivity contribution in [2.45, 2.75) is 6.92 Å². The van der Waals surface area contributed by atoms with E-state index in [-0.39, 0.29) is 12.4 Å². The number of amidine groups is 1. The lowest BCUT2D eigenvalue weighted by Crippen LogP contribution is -2.04. The second-order valence-corrected chi connectivity index (χ2v) is 4.43. The van der Waals surface area contributed by atoms with Gasteiger partial charge in [-0.25, -0.2) is 4.98 Å². The van der Waals surface area contributed by atoms with Crippen LogP contribution in [-0.2, 0) is 0 Å². The number of imidazole rings is 1. The lowest BCUT2D eigenvalue weighted by molar-refractivity contribution is 1.34. The van der Waals surface area contributed by atoms with Crippen molar-refractivity contribution in [2.24, 2.45) is 0 Å². The molecule has 0 unspecified atom stereocenters. The quantitative estimate of drug-likeness (QED) is 0.491. The minimum atomic E-state index is 0. The molecule has 0 aliphatic heterocycles. The first-order valence-electron chi connectivity index (χ1n) is 6.10. The molecule has 0 spiro atoms. The maximum absolute atomic E-state index is 7.44. The molecule has 2 aromatic carbocycles. The van der Waals surface area contributed by atoms with E-state index in [0.29, 0.717) is 5.84 Å². The first-order valence-corrected chi connectivity index (χ1v) is 6.10. The van der Waals surface area contributed by atoms with Crippen LogP contribution in [0.1, 0.15) is 6.92 Å². The fourth-order valence-corrected chi connectivity index (χ4v) is 2.04. The summed E-state index contributed by atoms with van der Waals surface area (Å²) in [4.78, 5) is 7.87. The fraction of sp³-hybridized carbons (Fsp3) is 0.0667. The summed E-state index contributed by atoms with van der Waals surface area (Å²) < 4.78 is 0. The first-order chi connectivity index (χ1) is 9.22. The Morgan fingerprint density at radius 3 is 2.60 bits per heavy atom. The Balaban J connectivity index is 0.00000147. The van der Waals surface area contributed by atoms with Gasteiger partial charge in [0.1, 0.15) is 5.82 Å². The van der Waals surface area contributed by atoms with Gasteiger partial charge in [0.25, 0.3) is 0 Å². The van der Waals surface area contributed by atoms with Crippen LogP contribution in [0, 0.1) is 5.41 Å². The number of fused-ring (bicyclic) bond motifs is 1. The van der Waals surface area contributed by atoms with E-state index in [2.05, 4.69) is 15.3 Å². The van der Waals surface area contributed by atoms with E-state index < -0.39 is 0 Å². The second kappa shape index (κ2) is 5.75. The van der Waals surface area contributed by atoms with Crippen LogP contribution in [0.5, 0.6) is 0 Å². The Bertz CT molecular complexity index is 734. The highest BCUT2D eigenvalue weighted by Gasteiger charge is 2.05. The number of benzene rings is 2. The number of hydrogen-bond acceptors (Lipinski definition) is 2. The summed E-state index contributed by atoms with van der Waals surface area (Å²) in [7, 11) is 0. The van der Waals surface area contributed by atoms with E-state index in [0.717, 1.165) is 28.1 Å². The summed E-state index contributed by atoms with van der Waals surface area (Å²) in [5.74, 6) is 1.28. The van der Waals surface area contributed by atoms with E-state index in [9.17, 15) is 0 Å². The van der Waals surface area contributed by atoms with Crippen molar-refractivity contribution in [1.29, 1.82) is 5.41 Å². The fourth-order valence-electron chi connectivity index (χ4n) is 2.04. The zero-order valence-corrected chi connectivity index (χ0v) is 11.8. The minimum Gasteiger partial charge on any atom is -0.344 e. The highest BCUT2D eigenvalue weighted by atomic mass is 35.5. The Labute approximate surface area is 123 Å². The number of nitrogens with zero attached hydrogens (tertiary/aromatic N) is 1. The van der Waals surface area contributed by atoms with Crippen LogP contribution in [0.4, 0.5) is 5.69 Å².